The molecular weight excluding hydrogens is 166 g/mol. The van der Waals surface area contributed by atoms with Gasteiger partial charge in [0.25, 0.3) is 0 Å². The lowest BCUT2D eigenvalue weighted by molar-refractivity contribution is 0.591. The minimum atomic E-state index is 0.356. The average molecular weight is 187 g/mol. The van der Waals surface area contributed by atoms with Gasteiger partial charge in [0, 0.05) is 11.3 Å². The molecule has 0 aromatic heterocycles. The van der Waals surface area contributed by atoms with Crippen LogP contribution in [-0.4, -0.2) is 24.1 Å². The third-order valence-corrected chi connectivity index (χ3v) is 3.08. The maximum absolute atomic E-state index is 3.86. The fourth-order valence-corrected chi connectivity index (χ4v) is 1.01. The van der Waals surface area contributed by atoms with Crippen molar-refractivity contribution in [3.63, 3.8) is 0 Å². The molecule has 1 nitrogen and oxygen atoms in total. The first-order chi connectivity index (χ1) is 5.48. The topological polar surface area (TPSA) is 12.0 Å². The van der Waals surface area contributed by atoms with Crippen molar-refractivity contribution < 1.29 is 0 Å². The van der Waals surface area contributed by atoms with Crippen molar-refractivity contribution in [3.05, 3.63) is 12.2 Å². The summed E-state index contributed by atoms with van der Waals surface area (Å²) in [6, 6.07) is 0. The summed E-state index contributed by atoms with van der Waals surface area (Å²) >= 11 is 1.90. The number of hydrogen-bond donors (Lipinski definition) is 1. The summed E-state index contributed by atoms with van der Waals surface area (Å²) < 4.78 is 0.356. The minimum absolute atomic E-state index is 0.356. The smallest absolute Gasteiger partial charge is 0.0225 e. The van der Waals surface area contributed by atoms with E-state index in [4.69, 9.17) is 0 Å². The zero-order valence-corrected chi connectivity index (χ0v) is 9.55. The third kappa shape index (κ3) is 6.74. The molecule has 0 aliphatic rings. The highest BCUT2D eigenvalue weighted by atomic mass is 32.2. The zero-order chi connectivity index (χ0) is 9.61. The molecule has 0 spiro atoms. The number of thioether (sulfide) groups is 1. The molecule has 0 amide bonds. The second-order valence-electron chi connectivity index (χ2n) is 3.85. The molecule has 0 heterocycles. The van der Waals surface area contributed by atoms with E-state index in [0.717, 1.165) is 19.5 Å². The van der Waals surface area contributed by atoms with Crippen LogP contribution in [0, 0.1) is 0 Å². The lowest BCUT2D eigenvalue weighted by atomic mass is 10.2. The van der Waals surface area contributed by atoms with E-state index in [1.54, 1.807) is 0 Å². The summed E-state index contributed by atoms with van der Waals surface area (Å²) in [6.45, 7) is 12.6. The van der Waals surface area contributed by atoms with Gasteiger partial charge < -0.3 is 5.32 Å². The molecule has 0 bridgehead atoms. The van der Waals surface area contributed by atoms with Gasteiger partial charge in [0.05, 0.1) is 0 Å². The van der Waals surface area contributed by atoms with E-state index in [1.807, 2.05) is 11.8 Å². The van der Waals surface area contributed by atoms with Crippen molar-refractivity contribution >= 4 is 11.8 Å². The Balaban J connectivity index is 3.37. The Morgan fingerprint density at radius 3 is 2.50 bits per heavy atom. The van der Waals surface area contributed by atoms with Crippen LogP contribution in [0.3, 0.4) is 0 Å². The van der Waals surface area contributed by atoms with Crippen molar-refractivity contribution in [3.8, 4) is 0 Å². The molecule has 0 saturated heterocycles. The number of hydrogen-bond acceptors (Lipinski definition) is 2. The lowest BCUT2D eigenvalue weighted by Crippen LogP contribution is -2.32. The highest BCUT2D eigenvalue weighted by Gasteiger charge is 2.14. The zero-order valence-electron chi connectivity index (χ0n) is 8.74. The average Bonchev–Trinajstić information content (AvgIpc) is 1.98. The Morgan fingerprint density at radius 2 is 2.08 bits per heavy atom. The molecule has 0 aromatic carbocycles. The Labute approximate surface area is 81.0 Å². The maximum atomic E-state index is 3.86. The normalized spacial score (nSPS) is 11.7. The molecule has 0 saturated carbocycles. The maximum Gasteiger partial charge on any atom is 0.0225 e. The van der Waals surface area contributed by atoms with E-state index < -0.39 is 0 Å². The van der Waals surface area contributed by atoms with Gasteiger partial charge in [0.2, 0.25) is 0 Å². The molecule has 12 heavy (non-hydrogen) atoms. The summed E-state index contributed by atoms with van der Waals surface area (Å²) in [6.07, 6.45) is 3.24. The predicted octanol–water partition coefficient (Wildman–Crippen LogP) is 2.68. The Bertz CT molecular complexity index is 141. The monoisotopic (exact) mass is 187 g/mol. The number of nitrogens with one attached hydrogen (secondary N) is 1. The molecule has 0 fully saturated rings. The van der Waals surface area contributed by atoms with Gasteiger partial charge in [-0.25, -0.2) is 0 Å². The lowest BCUT2D eigenvalue weighted by Gasteiger charge is -2.22. The molecule has 0 aliphatic carbocycles. The molecule has 0 aliphatic heterocycles. The van der Waals surface area contributed by atoms with Crippen LogP contribution in [0.1, 0.15) is 27.2 Å². The fraction of sp³-hybridized carbons (Fsp3) is 0.800. The fourth-order valence-electron chi connectivity index (χ4n) is 0.763. The first-order valence-electron chi connectivity index (χ1n) is 4.38. The standard InChI is InChI=1S/C10H21NS/c1-9(2)6-7-11-8-10(3,4)12-5/h11H,1,6-8H2,2-5H3. The van der Waals surface area contributed by atoms with E-state index in [9.17, 15) is 0 Å². The van der Waals surface area contributed by atoms with Crippen molar-refractivity contribution in [1.29, 1.82) is 0 Å². The summed E-state index contributed by atoms with van der Waals surface area (Å²) in [7, 11) is 0. The van der Waals surface area contributed by atoms with Crippen LogP contribution in [0.5, 0.6) is 0 Å². The van der Waals surface area contributed by atoms with E-state index in [-0.39, 0.29) is 0 Å². The molecular formula is C10H21NS. The van der Waals surface area contributed by atoms with Gasteiger partial charge in [0.1, 0.15) is 0 Å². The van der Waals surface area contributed by atoms with Crippen LogP contribution in [0.25, 0.3) is 0 Å². The van der Waals surface area contributed by atoms with Gasteiger partial charge >= 0.3 is 0 Å². The van der Waals surface area contributed by atoms with Crippen LogP contribution < -0.4 is 5.32 Å². The van der Waals surface area contributed by atoms with E-state index in [1.165, 1.54) is 5.57 Å². The van der Waals surface area contributed by atoms with Gasteiger partial charge in [-0.2, -0.15) is 11.8 Å². The summed E-state index contributed by atoms with van der Waals surface area (Å²) in [5, 5.41) is 3.43. The van der Waals surface area contributed by atoms with Gasteiger partial charge in [-0.05, 0) is 40.0 Å². The first kappa shape index (κ1) is 12.0. The van der Waals surface area contributed by atoms with Gasteiger partial charge in [-0.1, -0.05) is 5.57 Å². The summed E-state index contributed by atoms with van der Waals surface area (Å²) in [5.74, 6) is 0. The molecule has 0 unspecified atom stereocenters. The highest BCUT2D eigenvalue weighted by molar-refractivity contribution is 7.99. The Kier molecular flexibility index (Phi) is 5.68. The third-order valence-electron chi connectivity index (χ3n) is 1.83. The molecule has 0 atom stereocenters. The Hall–Kier alpha value is 0.0500. The van der Waals surface area contributed by atoms with E-state index in [0.29, 0.717) is 4.75 Å². The SMILES string of the molecule is C=C(C)CCNCC(C)(C)SC. The molecule has 2 heteroatoms. The molecule has 0 radical (unpaired) electrons. The quantitative estimate of drug-likeness (QED) is 0.507. The van der Waals surface area contributed by atoms with Crippen LogP contribution in [0.2, 0.25) is 0 Å². The molecule has 72 valence electrons. The van der Waals surface area contributed by atoms with Crippen molar-refractivity contribution in [2.45, 2.75) is 31.9 Å². The summed E-state index contributed by atoms with van der Waals surface area (Å²) in [4.78, 5) is 0. The highest BCUT2D eigenvalue weighted by Crippen LogP contribution is 2.19. The van der Waals surface area contributed by atoms with Crippen LogP contribution in [-0.2, 0) is 0 Å². The van der Waals surface area contributed by atoms with Crippen molar-refractivity contribution in [2.24, 2.45) is 0 Å². The van der Waals surface area contributed by atoms with Crippen LogP contribution in [0.4, 0.5) is 0 Å². The second kappa shape index (κ2) is 5.65. The van der Waals surface area contributed by atoms with Gasteiger partial charge in [-0.3, -0.25) is 0 Å². The molecule has 0 rings (SSSR count). The van der Waals surface area contributed by atoms with Gasteiger partial charge in [0.15, 0.2) is 0 Å². The predicted molar refractivity (Wildman–Crippen MR) is 59.9 cm³/mol. The molecule has 1 N–H and O–H groups in total. The first-order valence-corrected chi connectivity index (χ1v) is 5.60. The van der Waals surface area contributed by atoms with Gasteiger partial charge in [-0.15, -0.1) is 6.58 Å². The molecule has 0 aromatic rings. The Morgan fingerprint density at radius 1 is 1.50 bits per heavy atom. The van der Waals surface area contributed by atoms with E-state index in [2.05, 4.69) is 38.9 Å². The minimum Gasteiger partial charge on any atom is -0.315 e. The van der Waals surface area contributed by atoms with Crippen LogP contribution >= 0.6 is 11.8 Å². The van der Waals surface area contributed by atoms with E-state index >= 15 is 0 Å². The summed E-state index contributed by atoms with van der Waals surface area (Å²) in [5.41, 5.74) is 1.25. The largest absolute Gasteiger partial charge is 0.315 e. The van der Waals surface area contributed by atoms with Crippen molar-refractivity contribution in [1.82, 2.24) is 5.32 Å². The number of rotatable bonds is 6. The second-order valence-corrected chi connectivity index (χ2v) is 5.36. The van der Waals surface area contributed by atoms with Crippen molar-refractivity contribution in [2.75, 3.05) is 19.3 Å². The van der Waals surface area contributed by atoms with Crippen LogP contribution in [0.15, 0.2) is 12.2 Å².